The van der Waals surface area contributed by atoms with Crippen molar-refractivity contribution < 1.29 is 64.8 Å². The van der Waals surface area contributed by atoms with E-state index in [-0.39, 0.29) is 36.5 Å². The summed E-state index contributed by atoms with van der Waals surface area (Å²) in [4.78, 5) is 56.1. The van der Waals surface area contributed by atoms with Crippen LogP contribution in [-0.2, 0) is 23.9 Å². The van der Waals surface area contributed by atoms with E-state index in [4.69, 9.17) is 4.74 Å². The van der Waals surface area contributed by atoms with E-state index >= 15 is 4.79 Å². The number of fused-ring (bicyclic) bond motifs is 14. The average Bonchev–Trinajstić information content (AvgIpc) is 3.29. The second-order valence-corrected chi connectivity index (χ2v) is 29.4. The third-order valence-electron chi connectivity index (χ3n) is 27.3. The molecule has 4 unspecified atom stereocenters. The van der Waals surface area contributed by atoms with Crippen LogP contribution in [-0.4, -0.2) is 100 Å². The second-order valence-electron chi connectivity index (χ2n) is 29.4. The van der Waals surface area contributed by atoms with Crippen molar-refractivity contribution in [2.75, 3.05) is 0 Å². The molecule has 73 heavy (non-hydrogen) atoms. The molecule has 0 radical (unpaired) electrons. The highest BCUT2D eigenvalue weighted by Gasteiger charge is 2.77. The van der Waals surface area contributed by atoms with Crippen LogP contribution < -0.4 is 0 Å². The molecule has 13 nitrogen and oxygen atoms in total. The standard InChI is InChI=1S/C60H90O13/c1-31-17-23-59(46(66)67)27-25-51(5)33(41(59)57(31,11)71)13-15-37-49(3)29-35(61)43(62)56(10,40(49)20-22-53(37,51)7)48(70)73-36-30-50(4)38-16-14-34-42-58(12,72)32(2)18-24-60(42,47(68)69)28-26-52(34,6)54(38,8)21-19-39(50)55(9,44(36)63)45(64)65/h13-14,31-32,35-44,61-63,71-72H,15-30H2,1-12H3,(H,64,65)(H,66,67)(H,68,69)/t31-,32-,35-,36-,37-,38-,39?,40?,41?,42?,43+,44-,49-,50-,51-,52-,53-,54-,55-,56+,57-,58-,59+,60+/m1/s1. The number of carbonyl (C=O) groups excluding carboxylic acids is 1. The van der Waals surface area contributed by atoms with Crippen LogP contribution in [0.5, 0.6) is 0 Å². The van der Waals surface area contributed by atoms with Crippen molar-refractivity contribution >= 4 is 23.9 Å². The Kier molecular flexibility index (Phi) is 11.7. The molecule has 8 fully saturated rings. The van der Waals surface area contributed by atoms with Gasteiger partial charge in [-0.1, -0.05) is 78.7 Å². The number of allylic oxidation sites excluding steroid dienone is 2. The quantitative estimate of drug-likeness (QED) is 0.0949. The largest absolute Gasteiger partial charge is 0.481 e. The van der Waals surface area contributed by atoms with Crippen LogP contribution >= 0.6 is 0 Å². The van der Waals surface area contributed by atoms with E-state index in [9.17, 15) is 55.2 Å². The Labute approximate surface area is 433 Å². The number of carboxylic acids is 3. The van der Waals surface area contributed by atoms with Gasteiger partial charge in [-0.15, -0.1) is 0 Å². The van der Waals surface area contributed by atoms with Gasteiger partial charge in [-0.2, -0.15) is 0 Å². The number of rotatable bonds is 5. The monoisotopic (exact) mass is 1020 g/mol. The van der Waals surface area contributed by atoms with E-state index in [1.165, 1.54) is 0 Å². The Bertz CT molecular complexity index is 2440. The summed E-state index contributed by atoms with van der Waals surface area (Å²) in [5, 5.41) is 94.8. The first-order valence-corrected chi connectivity index (χ1v) is 28.4. The van der Waals surface area contributed by atoms with Crippen LogP contribution in [0.3, 0.4) is 0 Å². The number of carbonyl (C=O) groups is 4. The van der Waals surface area contributed by atoms with Gasteiger partial charge >= 0.3 is 23.9 Å². The van der Waals surface area contributed by atoms with Crippen LogP contribution in [0.15, 0.2) is 23.3 Å². The number of esters is 1. The lowest BCUT2D eigenvalue weighted by atomic mass is 9.32. The molecule has 10 aliphatic carbocycles. The summed E-state index contributed by atoms with van der Waals surface area (Å²) in [6.45, 7) is 24.2. The molecular formula is C60H90O13. The zero-order valence-corrected chi connectivity index (χ0v) is 46.0. The molecule has 0 aliphatic heterocycles. The van der Waals surface area contributed by atoms with E-state index < -0.39 is 137 Å². The first kappa shape index (κ1) is 53.6. The highest BCUT2D eigenvalue weighted by molar-refractivity contribution is 5.80. The number of hydrogen-bond donors (Lipinski definition) is 8. The normalized spacial score (nSPS) is 58.0. The van der Waals surface area contributed by atoms with Crippen molar-refractivity contribution in [3.8, 4) is 0 Å². The number of carboxylic acid groups (broad SMARTS) is 3. The molecule has 10 rings (SSSR count). The summed E-state index contributed by atoms with van der Waals surface area (Å²) in [6, 6.07) is 0. The van der Waals surface area contributed by atoms with Gasteiger partial charge in [-0.25, -0.2) is 0 Å². The van der Waals surface area contributed by atoms with Gasteiger partial charge < -0.3 is 45.6 Å². The molecule has 10 aliphatic rings. The number of aliphatic hydroxyl groups excluding tert-OH is 3. The molecule has 13 heteroatoms. The molecule has 8 saturated carbocycles. The Morgan fingerprint density at radius 2 is 0.918 bits per heavy atom. The van der Waals surface area contributed by atoms with E-state index in [0.29, 0.717) is 89.9 Å². The lowest BCUT2D eigenvalue weighted by Gasteiger charge is -2.72. The zero-order chi connectivity index (χ0) is 53.8. The van der Waals surface area contributed by atoms with Crippen molar-refractivity contribution in [2.24, 2.45) is 101 Å². The van der Waals surface area contributed by atoms with Crippen LogP contribution in [0.1, 0.15) is 186 Å². The molecule has 0 bridgehead atoms. The Morgan fingerprint density at radius 1 is 0.507 bits per heavy atom. The molecule has 0 heterocycles. The molecule has 0 aromatic rings. The third kappa shape index (κ3) is 6.15. The minimum absolute atomic E-state index is 0.103. The van der Waals surface area contributed by atoms with Gasteiger partial charge in [0.1, 0.15) is 12.2 Å². The lowest BCUT2D eigenvalue weighted by molar-refractivity contribution is -0.264. The molecule has 24 atom stereocenters. The second kappa shape index (κ2) is 15.9. The molecular weight excluding hydrogens is 929 g/mol. The van der Waals surface area contributed by atoms with Crippen LogP contribution in [0, 0.1) is 101 Å². The molecule has 408 valence electrons. The fraction of sp³-hybridized carbons (Fsp3) is 0.867. The van der Waals surface area contributed by atoms with Gasteiger partial charge in [0.2, 0.25) is 0 Å². The van der Waals surface area contributed by atoms with Crippen LogP contribution in [0.4, 0.5) is 0 Å². The van der Waals surface area contributed by atoms with Crippen molar-refractivity contribution in [2.45, 2.75) is 221 Å². The molecule has 0 saturated heterocycles. The topological polar surface area (TPSA) is 239 Å². The molecule has 0 amide bonds. The minimum atomic E-state index is -1.73. The first-order valence-electron chi connectivity index (χ1n) is 28.4. The average molecular weight is 1020 g/mol. The predicted octanol–water partition coefficient (Wildman–Crippen LogP) is 8.96. The maximum atomic E-state index is 15.6. The SMILES string of the molecule is C[C@@H]1CC[C@]2(C(=O)O)CC[C@]3(C)C(=CC[C@@H]4[C@@]5(C)C[C@@H](O)[C@H](O)[C@@](C)(C(=O)O[C@@H]6C[C@@]7(C)C(CC[C@]8(C)[C@@H]7CC=C7C9[C@](C(=O)O)(CC[C@@H](C)[C@@]9(C)O)CC[C@]78C)[C@@](C)(C(=O)O)[C@@H]6O)C5CC[C@]43C)C2[C@]1(C)O. The number of aliphatic hydroxyl groups is 5. The van der Waals surface area contributed by atoms with Gasteiger partial charge in [0.05, 0.1) is 45.1 Å². The van der Waals surface area contributed by atoms with Gasteiger partial charge in [0.15, 0.2) is 0 Å². The van der Waals surface area contributed by atoms with E-state index in [1.54, 1.807) is 13.8 Å². The summed E-state index contributed by atoms with van der Waals surface area (Å²) in [6.07, 6.45) is 6.63. The van der Waals surface area contributed by atoms with Crippen molar-refractivity contribution in [3.63, 3.8) is 0 Å². The Balaban J connectivity index is 0.997. The third-order valence-corrected chi connectivity index (χ3v) is 27.3. The molecule has 8 N–H and O–H groups in total. The smallest absolute Gasteiger partial charge is 0.315 e. The fourth-order valence-corrected chi connectivity index (χ4v) is 22.2. The Morgan fingerprint density at radius 3 is 1.33 bits per heavy atom. The van der Waals surface area contributed by atoms with E-state index in [0.717, 1.165) is 11.1 Å². The molecule has 0 aromatic heterocycles. The summed E-state index contributed by atoms with van der Waals surface area (Å²) in [5.41, 5.74) is -9.55. The maximum Gasteiger partial charge on any atom is 0.315 e. The minimum Gasteiger partial charge on any atom is -0.481 e. The van der Waals surface area contributed by atoms with Crippen molar-refractivity contribution in [1.29, 1.82) is 0 Å². The Hall–Kier alpha value is -2.84. The zero-order valence-electron chi connectivity index (χ0n) is 46.0. The predicted molar refractivity (Wildman–Crippen MR) is 271 cm³/mol. The molecule has 0 aromatic carbocycles. The number of ether oxygens (including phenoxy) is 1. The summed E-state index contributed by atoms with van der Waals surface area (Å²) < 4.78 is 6.67. The van der Waals surface area contributed by atoms with E-state index in [1.807, 2.05) is 27.7 Å². The molecule has 0 spiro atoms. The van der Waals surface area contributed by atoms with Gasteiger partial charge in [-0.05, 0) is 198 Å². The van der Waals surface area contributed by atoms with Gasteiger partial charge in [0.25, 0.3) is 0 Å². The highest BCUT2D eigenvalue weighted by atomic mass is 16.6. The maximum absolute atomic E-state index is 15.6. The summed E-state index contributed by atoms with van der Waals surface area (Å²) >= 11 is 0. The van der Waals surface area contributed by atoms with Crippen molar-refractivity contribution in [3.05, 3.63) is 23.3 Å². The van der Waals surface area contributed by atoms with Crippen molar-refractivity contribution in [1.82, 2.24) is 0 Å². The van der Waals surface area contributed by atoms with Gasteiger partial charge in [-0.3, -0.25) is 19.2 Å². The summed E-state index contributed by atoms with van der Waals surface area (Å²) in [7, 11) is 0. The van der Waals surface area contributed by atoms with E-state index in [2.05, 4.69) is 53.7 Å². The van der Waals surface area contributed by atoms with Crippen LogP contribution in [0.2, 0.25) is 0 Å². The fourth-order valence-electron chi connectivity index (χ4n) is 22.2. The van der Waals surface area contributed by atoms with Crippen LogP contribution in [0.25, 0.3) is 0 Å². The first-order chi connectivity index (χ1) is 33.5. The summed E-state index contributed by atoms with van der Waals surface area (Å²) in [5.74, 6) is -6.33. The lowest BCUT2D eigenvalue weighted by Crippen LogP contribution is -2.71. The number of hydrogen-bond acceptors (Lipinski definition) is 10. The number of aliphatic carboxylic acids is 3. The van der Waals surface area contributed by atoms with Gasteiger partial charge in [0, 0.05) is 11.8 Å². The highest BCUT2D eigenvalue weighted by Crippen LogP contribution is 2.79.